The van der Waals surface area contributed by atoms with E-state index < -0.39 is 5.91 Å². The molecule has 1 aliphatic heterocycles. The minimum atomic E-state index is -0.415. The van der Waals surface area contributed by atoms with Gasteiger partial charge in [0.15, 0.2) is 0 Å². The van der Waals surface area contributed by atoms with Gasteiger partial charge >= 0.3 is 0 Å². The predicted octanol–water partition coefficient (Wildman–Crippen LogP) is 1.44. The van der Waals surface area contributed by atoms with Gasteiger partial charge in [-0.05, 0) is 25.1 Å². The molecule has 0 saturated carbocycles. The maximum atomic E-state index is 11.9. The van der Waals surface area contributed by atoms with Crippen LogP contribution >= 0.6 is 11.3 Å². The molecule has 19 heavy (non-hydrogen) atoms. The molecule has 1 aliphatic rings. The number of fused-ring (bicyclic) bond motifs is 1. The van der Waals surface area contributed by atoms with Crippen molar-refractivity contribution in [3.63, 3.8) is 0 Å². The highest BCUT2D eigenvalue weighted by atomic mass is 32.1. The molecule has 1 aromatic carbocycles. The number of nitrogens with zero attached hydrogens (tertiary/aromatic N) is 2. The van der Waals surface area contributed by atoms with Crippen molar-refractivity contribution in [2.75, 3.05) is 11.4 Å². The number of aromatic nitrogens is 1. The Morgan fingerprint density at radius 2 is 2.32 bits per heavy atom. The van der Waals surface area contributed by atoms with Crippen molar-refractivity contribution in [2.24, 2.45) is 11.7 Å². The second-order valence-corrected chi connectivity index (χ2v) is 5.93. The Morgan fingerprint density at radius 3 is 3.00 bits per heavy atom. The van der Waals surface area contributed by atoms with Crippen LogP contribution in [0.2, 0.25) is 0 Å². The van der Waals surface area contributed by atoms with Crippen LogP contribution in [0.25, 0.3) is 10.2 Å². The molecule has 1 unspecified atom stereocenters. The van der Waals surface area contributed by atoms with Crippen molar-refractivity contribution in [1.82, 2.24) is 4.98 Å². The summed E-state index contributed by atoms with van der Waals surface area (Å²) in [6, 6.07) is 5.74. The number of aryl methyl sites for hydroxylation is 1. The highest BCUT2D eigenvalue weighted by Gasteiger charge is 2.33. The quantitative estimate of drug-likeness (QED) is 0.901. The normalized spacial score (nSPS) is 19.3. The summed E-state index contributed by atoms with van der Waals surface area (Å²) in [5.74, 6) is -0.864. The minimum absolute atomic E-state index is 0.0601. The molecule has 5 nitrogen and oxygen atoms in total. The van der Waals surface area contributed by atoms with Gasteiger partial charge in [-0.25, -0.2) is 4.98 Å². The van der Waals surface area contributed by atoms with Gasteiger partial charge in [-0.1, -0.05) is 0 Å². The third-order valence-corrected chi connectivity index (χ3v) is 4.27. The zero-order chi connectivity index (χ0) is 13.6. The molecular formula is C13H13N3O2S. The number of primary amides is 1. The SMILES string of the molecule is Cc1nc2cc(N3CC(C(N)=O)CC3=O)ccc2s1. The molecule has 0 bridgehead atoms. The zero-order valence-corrected chi connectivity index (χ0v) is 11.2. The number of rotatable bonds is 2. The van der Waals surface area contributed by atoms with E-state index in [2.05, 4.69) is 4.98 Å². The molecular weight excluding hydrogens is 262 g/mol. The highest BCUT2D eigenvalue weighted by molar-refractivity contribution is 7.18. The van der Waals surface area contributed by atoms with E-state index in [1.807, 2.05) is 25.1 Å². The number of thiazole rings is 1. The predicted molar refractivity (Wildman–Crippen MR) is 74.0 cm³/mol. The van der Waals surface area contributed by atoms with Gasteiger partial charge in [0, 0.05) is 18.7 Å². The maximum Gasteiger partial charge on any atom is 0.227 e. The fourth-order valence-electron chi connectivity index (χ4n) is 2.35. The monoisotopic (exact) mass is 275 g/mol. The summed E-state index contributed by atoms with van der Waals surface area (Å²) < 4.78 is 1.10. The molecule has 1 aromatic heterocycles. The molecule has 2 N–H and O–H groups in total. The number of anilines is 1. The van der Waals surface area contributed by atoms with Gasteiger partial charge in [0.1, 0.15) is 0 Å². The summed E-state index contributed by atoms with van der Waals surface area (Å²) >= 11 is 1.62. The molecule has 1 atom stereocenters. The number of carbonyl (C=O) groups excluding carboxylic acids is 2. The van der Waals surface area contributed by atoms with E-state index in [4.69, 9.17) is 5.73 Å². The topological polar surface area (TPSA) is 76.3 Å². The van der Waals surface area contributed by atoms with Gasteiger partial charge in [0.2, 0.25) is 11.8 Å². The van der Waals surface area contributed by atoms with Crippen LogP contribution in [0.4, 0.5) is 5.69 Å². The van der Waals surface area contributed by atoms with Crippen LogP contribution in [0.3, 0.4) is 0 Å². The van der Waals surface area contributed by atoms with Crippen LogP contribution in [-0.2, 0) is 9.59 Å². The number of benzene rings is 1. The van der Waals surface area contributed by atoms with E-state index in [0.717, 1.165) is 20.9 Å². The molecule has 2 heterocycles. The van der Waals surface area contributed by atoms with E-state index >= 15 is 0 Å². The van der Waals surface area contributed by atoms with Crippen molar-refractivity contribution in [2.45, 2.75) is 13.3 Å². The van der Waals surface area contributed by atoms with Crippen LogP contribution in [0.1, 0.15) is 11.4 Å². The van der Waals surface area contributed by atoms with Gasteiger partial charge in [-0.3, -0.25) is 9.59 Å². The van der Waals surface area contributed by atoms with Crippen molar-refractivity contribution in [1.29, 1.82) is 0 Å². The van der Waals surface area contributed by atoms with Crippen LogP contribution in [0.5, 0.6) is 0 Å². The third kappa shape index (κ3) is 2.08. The molecule has 2 aromatic rings. The van der Waals surface area contributed by atoms with Gasteiger partial charge in [-0.2, -0.15) is 0 Å². The van der Waals surface area contributed by atoms with Crippen molar-refractivity contribution < 1.29 is 9.59 Å². The Morgan fingerprint density at radius 1 is 1.53 bits per heavy atom. The van der Waals surface area contributed by atoms with E-state index in [1.165, 1.54) is 0 Å². The van der Waals surface area contributed by atoms with Gasteiger partial charge in [0.05, 0.1) is 21.1 Å². The summed E-state index contributed by atoms with van der Waals surface area (Å²) in [5.41, 5.74) is 6.93. The standard InChI is InChI=1S/C13H13N3O2S/c1-7-15-10-5-9(2-3-11(10)19-7)16-6-8(13(14)18)4-12(16)17/h2-3,5,8H,4,6H2,1H3,(H2,14,18). The van der Waals surface area contributed by atoms with Gasteiger partial charge in [0.25, 0.3) is 0 Å². The van der Waals surface area contributed by atoms with Crippen LogP contribution in [0, 0.1) is 12.8 Å². The first kappa shape index (κ1) is 12.1. The summed E-state index contributed by atoms with van der Waals surface area (Å²) in [6.07, 6.45) is 0.198. The van der Waals surface area contributed by atoms with E-state index in [0.29, 0.717) is 6.54 Å². The number of amides is 2. The van der Waals surface area contributed by atoms with Crippen LogP contribution in [0.15, 0.2) is 18.2 Å². The number of hydrogen-bond acceptors (Lipinski definition) is 4. The molecule has 0 radical (unpaired) electrons. The molecule has 6 heteroatoms. The lowest BCUT2D eigenvalue weighted by Gasteiger charge is -2.16. The smallest absolute Gasteiger partial charge is 0.227 e. The first-order valence-electron chi connectivity index (χ1n) is 6.01. The third-order valence-electron chi connectivity index (χ3n) is 3.32. The average Bonchev–Trinajstić information content (AvgIpc) is 2.90. The zero-order valence-electron chi connectivity index (χ0n) is 10.4. The minimum Gasteiger partial charge on any atom is -0.369 e. The van der Waals surface area contributed by atoms with E-state index in [9.17, 15) is 9.59 Å². The second kappa shape index (κ2) is 4.31. The Labute approximate surface area is 114 Å². The molecule has 1 fully saturated rings. The van der Waals surface area contributed by atoms with Crippen molar-refractivity contribution in [3.8, 4) is 0 Å². The molecule has 0 spiro atoms. The van der Waals surface area contributed by atoms with E-state index in [-0.39, 0.29) is 18.2 Å². The summed E-state index contributed by atoms with van der Waals surface area (Å²) in [5, 5.41) is 0.995. The van der Waals surface area contributed by atoms with Crippen LogP contribution < -0.4 is 10.6 Å². The Kier molecular flexibility index (Phi) is 2.74. The fourth-order valence-corrected chi connectivity index (χ4v) is 3.15. The summed E-state index contributed by atoms with van der Waals surface area (Å²) in [7, 11) is 0. The van der Waals surface area contributed by atoms with Gasteiger partial charge in [-0.15, -0.1) is 11.3 Å². The van der Waals surface area contributed by atoms with Crippen molar-refractivity contribution in [3.05, 3.63) is 23.2 Å². The Balaban J connectivity index is 1.95. The second-order valence-electron chi connectivity index (χ2n) is 4.69. The van der Waals surface area contributed by atoms with E-state index in [1.54, 1.807) is 16.2 Å². The largest absolute Gasteiger partial charge is 0.369 e. The Hall–Kier alpha value is -1.95. The lowest BCUT2D eigenvalue weighted by Crippen LogP contribution is -2.28. The first-order valence-corrected chi connectivity index (χ1v) is 6.83. The molecule has 98 valence electrons. The lowest BCUT2D eigenvalue weighted by molar-refractivity contribution is -0.123. The summed E-state index contributed by atoms with van der Waals surface area (Å²) in [4.78, 5) is 29.1. The highest BCUT2D eigenvalue weighted by Crippen LogP contribution is 2.30. The number of carbonyl (C=O) groups is 2. The lowest BCUT2D eigenvalue weighted by atomic mass is 10.1. The Bertz CT molecular complexity index is 680. The number of nitrogens with two attached hydrogens (primary N) is 1. The van der Waals surface area contributed by atoms with Crippen LogP contribution in [-0.4, -0.2) is 23.3 Å². The number of hydrogen-bond donors (Lipinski definition) is 1. The van der Waals surface area contributed by atoms with Gasteiger partial charge < -0.3 is 10.6 Å². The maximum absolute atomic E-state index is 11.9. The fraction of sp³-hybridized carbons (Fsp3) is 0.308. The van der Waals surface area contributed by atoms with Crippen molar-refractivity contribution >= 4 is 39.1 Å². The molecule has 2 amide bonds. The first-order chi connectivity index (χ1) is 9.04. The molecule has 3 rings (SSSR count). The summed E-state index contributed by atoms with van der Waals surface area (Å²) in [6.45, 7) is 2.32. The average molecular weight is 275 g/mol. The molecule has 1 saturated heterocycles. The molecule has 0 aliphatic carbocycles.